The summed E-state index contributed by atoms with van der Waals surface area (Å²) in [6, 6.07) is 13.2. The second kappa shape index (κ2) is 9.43. The summed E-state index contributed by atoms with van der Waals surface area (Å²) in [5.41, 5.74) is 2.96. The average molecular weight is 409 g/mol. The van der Waals surface area contributed by atoms with Gasteiger partial charge in [0.05, 0.1) is 7.11 Å². The fourth-order valence-corrected chi connectivity index (χ4v) is 3.06. The number of ether oxygens (including phenoxy) is 2. The van der Waals surface area contributed by atoms with Gasteiger partial charge in [-0.15, -0.1) is 0 Å². The summed E-state index contributed by atoms with van der Waals surface area (Å²) >= 11 is 0. The smallest absolute Gasteiger partial charge is 0.261 e. The maximum Gasteiger partial charge on any atom is 0.261 e. The van der Waals surface area contributed by atoms with Crippen LogP contribution >= 0.6 is 0 Å². The Hall–Kier alpha value is -3.35. The second-order valence-corrected chi connectivity index (χ2v) is 7.41. The Morgan fingerprint density at radius 1 is 1.13 bits per heavy atom. The number of benzene rings is 2. The van der Waals surface area contributed by atoms with E-state index >= 15 is 0 Å². The van der Waals surface area contributed by atoms with Crippen molar-refractivity contribution in [2.24, 2.45) is 0 Å². The highest BCUT2D eigenvalue weighted by molar-refractivity contribution is 5.78. The quantitative estimate of drug-likeness (QED) is 0.555. The maximum absolute atomic E-state index is 12.8. The van der Waals surface area contributed by atoms with Crippen LogP contribution in [0.1, 0.15) is 30.9 Å². The Labute approximate surface area is 176 Å². The van der Waals surface area contributed by atoms with E-state index in [2.05, 4.69) is 10.1 Å². The molecule has 30 heavy (non-hydrogen) atoms. The topological polar surface area (TPSA) is 77.7 Å². The summed E-state index contributed by atoms with van der Waals surface area (Å²) in [7, 11) is 1.61. The van der Waals surface area contributed by atoms with Crippen LogP contribution in [0.4, 0.5) is 0 Å². The summed E-state index contributed by atoms with van der Waals surface area (Å²) in [4.78, 5) is 18.9. The fourth-order valence-electron chi connectivity index (χ4n) is 3.06. The lowest BCUT2D eigenvalue weighted by atomic mass is 10.1. The molecule has 1 amide bonds. The Bertz CT molecular complexity index is 996. The summed E-state index contributed by atoms with van der Waals surface area (Å²) in [6.45, 7) is 8.03. The number of aromatic nitrogens is 2. The van der Waals surface area contributed by atoms with Crippen molar-refractivity contribution in [2.45, 2.75) is 40.3 Å². The van der Waals surface area contributed by atoms with Crippen LogP contribution in [-0.2, 0) is 11.3 Å². The molecule has 1 heterocycles. The highest BCUT2D eigenvalue weighted by Crippen LogP contribution is 2.21. The first-order valence-electron chi connectivity index (χ1n) is 9.84. The number of nitrogens with zero attached hydrogens (tertiary/aromatic N) is 3. The number of hydrogen-bond donors (Lipinski definition) is 0. The molecule has 0 saturated heterocycles. The number of hydrogen-bond acceptors (Lipinski definition) is 6. The van der Waals surface area contributed by atoms with Gasteiger partial charge in [-0.1, -0.05) is 22.9 Å². The largest absolute Gasteiger partial charge is 0.497 e. The molecule has 3 aromatic rings. The number of rotatable bonds is 8. The van der Waals surface area contributed by atoms with Gasteiger partial charge in [0.15, 0.2) is 6.61 Å². The fraction of sp³-hybridized carbons (Fsp3) is 0.348. The van der Waals surface area contributed by atoms with Gasteiger partial charge in [0.2, 0.25) is 11.7 Å². The van der Waals surface area contributed by atoms with E-state index in [4.69, 9.17) is 14.0 Å². The molecule has 1 aromatic heterocycles. The first-order chi connectivity index (χ1) is 14.4. The molecule has 0 spiro atoms. The first kappa shape index (κ1) is 21.4. The Morgan fingerprint density at radius 3 is 2.50 bits per heavy atom. The molecule has 0 unspecified atom stereocenters. The van der Waals surface area contributed by atoms with E-state index in [0.29, 0.717) is 17.5 Å². The van der Waals surface area contributed by atoms with E-state index in [9.17, 15) is 4.79 Å². The Kier molecular flexibility index (Phi) is 6.72. The van der Waals surface area contributed by atoms with Crippen molar-refractivity contribution in [3.8, 4) is 22.9 Å². The highest BCUT2D eigenvalue weighted by atomic mass is 16.5. The lowest BCUT2D eigenvalue weighted by Crippen LogP contribution is -2.39. The zero-order valence-electron chi connectivity index (χ0n) is 18.0. The van der Waals surface area contributed by atoms with E-state index in [1.807, 2.05) is 70.2 Å². The van der Waals surface area contributed by atoms with Crippen LogP contribution in [0, 0.1) is 13.8 Å². The van der Waals surface area contributed by atoms with Crippen LogP contribution in [-0.4, -0.2) is 40.7 Å². The molecule has 0 fully saturated rings. The molecule has 0 aliphatic carbocycles. The molecule has 0 N–H and O–H groups in total. The third kappa shape index (κ3) is 5.17. The van der Waals surface area contributed by atoms with Crippen LogP contribution < -0.4 is 9.47 Å². The second-order valence-electron chi connectivity index (χ2n) is 7.41. The molecule has 0 bridgehead atoms. The zero-order chi connectivity index (χ0) is 21.7. The van der Waals surface area contributed by atoms with Gasteiger partial charge < -0.3 is 18.9 Å². The van der Waals surface area contributed by atoms with Crippen LogP contribution in [0.25, 0.3) is 11.4 Å². The van der Waals surface area contributed by atoms with Crippen molar-refractivity contribution in [1.29, 1.82) is 0 Å². The molecule has 2 aromatic carbocycles. The van der Waals surface area contributed by atoms with E-state index in [1.165, 1.54) is 0 Å². The molecular formula is C23H27N3O4. The van der Waals surface area contributed by atoms with Crippen molar-refractivity contribution in [3.63, 3.8) is 0 Å². The lowest BCUT2D eigenvalue weighted by Gasteiger charge is -2.25. The SMILES string of the molecule is COc1ccc(-c2noc(CN(C(=O)COc3ccc(C)cc3C)C(C)C)n2)cc1. The molecule has 0 saturated carbocycles. The normalized spacial score (nSPS) is 10.9. The maximum atomic E-state index is 12.8. The number of aryl methyl sites for hydroxylation is 2. The van der Waals surface area contributed by atoms with Gasteiger partial charge in [-0.2, -0.15) is 4.98 Å². The van der Waals surface area contributed by atoms with Crippen LogP contribution in [0.2, 0.25) is 0 Å². The molecule has 3 rings (SSSR count). The van der Waals surface area contributed by atoms with Crippen molar-refractivity contribution >= 4 is 5.91 Å². The minimum absolute atomic E-state index is 0.0449. The number of methoxy groups -OCH3 is 1. The van der Waals surface area contributed by atoms with Crippen molar-refractivity contribution < 1.29 is 18.8 Å². The minimum Gasteiger partial charge on any atom is -0.497 e. The van der Waals surface area contributed by atoms with Crippen molar-refractivity contribution in [3.05, 3.63) is 59.5 Å². The van der Waals surface area contributed by atoms with E-state index in [-0.39, 0.29) is 25.1 Å². The predicted molar refractivity (Wildman–Crippen MR) is 113 cm³/mol. The third-order valence-corrected chi connectivity index (χ3v) is 4.75. The third-order valence-electron chi connectivity index (χ3n) is 4.75. The molecular weight excluding hydrogens is 382 g/mol. The molecule has 0 aliphatic rings. The monoisotopic (exact) mass is 409 g/mol. The number of carbonyl (C=O) groups excluding carboxylic acids is 1. The van der Waals surface area contributed by atoms with Gasteiger partial charge in [-0.3, -0.25) is 4.79 Å². The molecule has 7 heteroatoms. The summed E-state index contributed by atoms with van der Waals surface area (Å²) in [6.07, 6.45) is 0. The van der Waals surface area contributed by atoms with Gasteiger partial charge in [0.1, 0.15) is 18.0 Å². The van der Waals surface area contributed by atoms with E-state index < -0.39 is 0 Å². The highest BCUT2D eigenvalue weighted by Gasteiger charge is 2.21. The van der Waals surface area contributed by atoms with Gasteiger partial charge in [0, 0.05) is 11.6 Å². The minimum atomic E-state index is -0.144. The van der Waals surface area contributed by atoms with Crippen molar-refractivity contribution in [1.82, 2.24) is 15.0 Å². The number of carbonyl (C=O) groups is 1. The summed E-state index contributed by atoms with van der Waals surface area (Å²) in [5, 5.41) is 4.03. The number of amides is 1. The predicted octanol–water partition coefficient (Wildman–Crippen LogP) is 4.18. The first-order valence-corrected chi connectivity index (χ1v) is 9.84. The Morgan fingerprint density at radius 2 is 1.87 bits per heavy atom. The molecule has 0 radical (unpaired) electrons. The van der Waals surface area contributed by atoms with Crippen LogP contribution in [0.15, 0.2) is 47.0 Å². The standard InChI is InChI=1S/C23H27N3O4/c1-15(2)26(22(27)14-29-20-11-6-16(3)12-17(20)4)13-21-24-23(25-30-21)18-7-9-19(28-5)10-8-18/h6-12,15H,13-14H2,1-5H3. The van der Waals surface area contributed by atoms with E-state index in [0.717, 1.165) is 22.4 Å². The van der Waals surface area contributed by atoms with Gasteiger partial charge in [-0.25, -0.2) is 0 Å². The summed E-state index contributed by atoms with van der Waals surface area (Å²) in [5.74, 6) is 2.15. The molecule has 0 aliphatic heterocycles. The summed E-state index contributed by atoms with van der Waals surface area (Å²) < 4.78 is 16.3. The van der Waals surface area contributed by atoms with Crippen LogP contribution in [0.5, 0.6) is 11.5 Å². The van der Waals surface area contributed by atoms with Crippen molar-refractivity contribution in [2.75, 3.05) is 13.7 Å². The zero-order valence-corrected chi connectivity index (χ0v) is 18.0. The van der Waals surface area contributed by atoms with Crippen LogP contribution in [0.3, 0.4) is 0 Å². The van der Waals surface area contributed by atoms with Gasteiger partial charge in [0.25, 0.3) is 5.91 Å². The lowest BCUT2D eigenvalue weighted by molar-refractivity contribution is -0.136. The average Bonchev–Trinajstić information content (AvgIpc) is 3.20. The molecule has 158 valence electrons. The van der Waals surface area contributed by atoms with E-state index in [1.54, 1.807) is 12.0 Å². The van der Waals surface area contributed by atoms with Gasteiger partial charge in [-0.05, 0) is 63.6 Å². The Balaban J connectivity index is 1.66. The molecule has 7 nitrogen and oxygen atoms in total. The van der Waals surface area contributed by atoms with Gasteiger partial charge >= 0.3 is 0 Å². The molecule has 0 atom stereocenters.